The summed E-state index contributed by atoms with van der Waals surface area (Å²) in [4.78, 5) is 11.3. The minimum Gasteiger partial charge on any atom is -0.413 e. The first-order valence-corrected chi connectivity index (χ1v) is 5.10. The first-order chi connectivity index (χ1) is 8.99. The van der Waals surface area contributed by atoms with Crippen LogP contribution in [0.5, 0.6) is 0 Å². The number of rotatable bonds is 2. The second kappa shape index (κ2) is 3.86. The van der Waals surface area contributed by atoms with Crippen molar-refractivity contribution in [2.24, 2.45) is 0 Å². The van der Waals surface area contributed by atoms with Crippen LogP contribution in [0.3, 0.4) is 0 Å². The number of ether oxygens (including phenoxy) is 1. The van der Waals surface area contributed by atoms with Gasteiger partial charge in [0.25, 0.3) is 0 Å². The molecule has 1 aromatic carbocycles. The van der Waals surface area contributed by atoms with Gasteiger partial charge >= 0.3 is 29.6 Å². The molecule has 2 nitrogen and oxygen atoms in total. The fourth-order valence-corrected chi connectivity index (χ4v) is 1.62. The minimum absolute atomic E-state index is 0.536. The largest absolute Gasteiger partial charge is 0.413 e. The Labute approximate surface area is 107 Å². The Morgan fingerprint density at radius 3 is 1.70 bits per heavy atom. The molecule has 0 radical (unpaired) electrons. The second-order valence-electron chi connectivity index (χ2n) is 4.07. The van der Waals surface area contributed by atoms with Crippen molar-refractivity contribution >= 4 is 5.97 Å². The molecule has 0 bridgehead atoms. The Bertz CT molecular complexity index is 523. The van der Waals surface area contributed by atoms with Gasteiger partial charge in [0.2, 0.25) is 0 Å². The summed E-state index contributed by atoms with van der Waals surface area (Å²) in [5.41, 5.74) is -0.536. The maximum atomic E-state index is 13.5. The van der Waals surface area contributed by atoms with Gasteiger partial charge in [0.15, 0.2) is 0 Å². The Kier molecular flexibility index (Phi) is 2.82. The topological polar surface area (TPSA) is 26.3 Å². The maximum absolute atomic E-state index is 13.5. The van der Waals surface area contributed by atoms with E-state index in [2.05, 4.69) is 4.74 Å². The summed E-state index contributed by atoms with van der Waals surface area (Å²) in [6.07, 6.45) is 0. The van der Waals surface area contributed by atoms with Crippen LogP contribution < -0.4 is 0 Å². The second-order valence-corrected chi connectivity index (χ2v) is 4.07. The molecule has 0 aliphatic heterocycles. The Hall–Kier alpha value is -1.80. The van der Waals surface area contributed by atoms with Crippen LogP contribution in [-0.2, 0) is 4.74 Å². The van der Waals surface area contributed by atoms with E-state index in [9.17, 15) is 35.5 Å². The van der Waals surface area contributed by atoms with Crippen molar-refractivity contribution in [3.8, 4) is 0 Å². The van der Waals surface area contributed by atoms with Crippen LogP contribution in [0, 0.1) is 0 Å². The Balaban J connectivity index is 2.32. The summed E-state index contributed by atoms with van der Waals surface area (Å²) in [6.45, 7) is 0. The molecule has 0 N–H and O–H groups in total. The Morgan fingerprint density at radius 2 is 1.25 bits per heavy atom. The molecule has 1 fully saturated rings. The number of hydrogen-bond acceptors (Lipinski definition) is 2. The lowest BCUT2D eigenvalue weighted by Crippen LogP contribution is -2.85. The average Bonchev–Trinajstić information content (AvgIpc) is 2.38. The minimum atomic E-state index is -5.94. The molecule has 0 unspecified atom stereocenters. The highest BCUT2D eigenvalue weighted by Crippen LogP contribution is 2.69. The molecule has 1 saturated carbocycles. The zero-order chi connectivity index (χ0) is 15.4. The van der Waals surface area contributed by atoms with Crippen LogP contribution >= 0.6 is 0 Å². The number of benzene rings is 1. The highest BCUT2D eigenvalue weighted by molar-refractivity contribution is 5.89. The maximum Gasteiger partial charge on any atom is 0.391 e. The third kappa shape index (κ3) is 1.43. The molecule has 1 aromatic rings. The van der Waals surface area contributed by atoms with Gasteiger partial charge in [-0.05, 0) is 12.1 Å². The molecule has 9 heteroatoms. The van der Waals surface area contributed by atoms with Crippen molar-refractivity contribution in [3.05, 3.63) is 35.9 Å². The molecule has 110 valence electrons. The summed E-state index contributed by atoms with van der Waals surface area (Å²) < 4.78 is 93.2. The number of carbonyl (C=O) groups is 1. The van der Waals surface area contributed by atoms with Crippen molar-refractivity contribution in [1.82, 2.24) is 0 Å². The molecule has 0 saturated heterocycles. The van der Waals surface area contributed by atoms with E-state index in [1.54, 1.807) is 0 Å². The zero-order valence-corrected chi connectivity index (χ0v) is 9.35. The third-order valence-corrected chi connectivity index (χ3v) is 2.84. The molecule has 1 aliphatic carbocycles. The quantitative estimate of drug-likeness (QED) is 0.618. The van der Waals surface area contributed by atoms with Gasteiger partial charge in [0.05, 0.1) is 5.56 Å². The lowest BCUT2D eigenvalue weighted by Gasteiger charge is -2.52. The summed E-state index contributed by atoms with van der Waals surface area (Å²) >= 11 is 0. The van der Waals surface area contributed by atoms with Crippen molar-refractivity contribution in [2.75, 3.05) is 0 Å². The van der Waals surface area contributed by atoms with E-state index < -0.39 is 35.2 Å². The highest BCUT2D eigenvalue weighted by atomic mass is 19.4. The van der Waals surface area contributed by atoms with Gasteiger partial charge in [-0.2, -0.15) is 30.7 Å². The lowest BCUT2D eigenvalue weighted by molar-refractivity contribution is -0.521. The van der Waals surface area contributed by atoms with E-state index in [1.807, 2.05) is 0 Å². The van der Waals surface area contributed by atoms with Crippen LogP contribution in [0.4, 0.5) is 30.7 Å². The number of hydrogen-bond donors (Lipinski definition) is 0. The number of alkyl halides is 7. The zero-order valence-electron chi connectivity index (χ0n) is 9.35. The van der Waals surface area contributed by atoms with E-state index in [0.29, 0.717) is 0 Å². The van der Waals surface area contributed by atoms with Gasteiger partial charge in [0.1, 0.15) is 0 Å². The summed E-state index contributed by atoms with van der Waals surface area (Å²) in [7, 11) is 0. The first kappa shape index (κ1) is 14.6. The smallest absolute Gasteiger partial charge is 0.391 e. The van der Waals surface area contributed by atoms with Crippen LogP contribution in [0.2, 0.25) is 0 Å². The molecule has 0 heterocycles. The highest BCUT2D eigenvalue weighted by Gasteiger charge is 3.03. The predicted molar refractivity (Wildman–Crippen MR) is 50.5 cm³/mol. The predicted octanol–water partition coefficient (Wildman–Crippen LogP) is 3.43. The van der Waals surface area contributed by atoms with Gasteiger partial charge in [-0.3, -0.25) is 0 Å². The fraction of sp³-hybridized carbons (Fsp3) is 0.364. The van der Waals surface area contributed by atoms with Gasteiger partial charge < -0.3 is 4.74 Å². The van der Waals surface area contributed by atoms with Crippen LogP contribution in [0.15, 0.2) is 30.3 Å². The molecule has 0 spiro atoms. The van der Waals surface area contributed by atoms with Crippen molar-refractivity contribution < 1.29 is 40.3 Å². The molecule has 2 rings (SSSR count). The first-order valence-electron chi connectivity index (χ1n) is 5.10. The van der Waals surface area contributed by atoms with E-state index in [4.69, 9.17) is 0 Å². The summed E-state index contributed by atoms with van der Waals surface area (Å²) in [5, 5.41) is 0. The van der Waals surface area contributed by atoms with Crippen LogP contribution in [0.25, 0.3) is 0 Å². The van der Waals surface area contributed by atoms with Crippen molar-refractivity contribution in [1.29, 1.82) is 0 Å². The standard InChI is InChI=1S/C11H5F7O2/c12-8(13)9(14,15)11(18,10(8,16)17)20-7(19)6-4-2-1-3-5-6/h1-5H. The van der Waals surface area contributed by atoms with Crippen LogP contribution in [0.1, 0.15) is 10.4 Å². The lowest BCUT2D eigenvalue weighted by atomic mass is 9.78. The van der Waals surface area contributed by atoms with Gasteiger partial charge in [-0.25, -0.2) is 4.79 Å². The van der Waals surface area contributed by atoms with E-state index in [1.165, 1.54) is 18.2 Å². The summed E-state index contributed by atoms with van der Waals surface area (Å²) in [6, 6.07) is 5.74. The van der Waals surface area contributed by atoms with Gasteiger partial charge in [0, 0.05) is 0 Å². The molecule has 20 heavy (non-hydrogen) atoms. The molecule has 0 atom stereocenters. The molecular formula is C11H5F7O2. The van der Waals surface area contributed by atoms with Gasteiger partial charge in [-0.15, -0.1) is 0 Å². The van der Waals surface area contributed by atoms with Gasteiger partial charge in [-0.1, -0.05) is 18.2 Å². The molecular weight excluding hydrogens is 297 g/mol. The number of halogens is 7. The van der Waals surface area contributed by atoms with E-state index in [0.717, 1.165) is 12.1 Å². The Morgan fingerprint density at radius 1 is 0.800 bits per heavy atom. The van der Waals surface area contributed by atoms with E-state index in [-0.39, 0.29) is 0 Å². The van der Waals surface area contributed by atoms with Crippen molar-refractivity contribution in [2.45, 2.75) is 23.6 Å². The SMILES string of the molecule is O=C(OC1(F)C(F)(F)C(F)(F)C1(F)F)c1ccccc1. The summed E-state index contributed by atoms with van der Waals surface area (Å²) in [5.74, 6) is -24.9. The number of esters is 1. The van der Waals surface area contributed by atoms with Crippen LogP contribution in [-0.4, -0.2) is 29.6 Å². The average molecular weight is 302 g/mol. The molecule has 1 aliphatic rings. The molecule has 0 amide bonds. The monoisotopic (exact) mass is 302 g/mol. The molecule has 0 aromatic heterocycles. The fourth-order valence-electron chi connectivity index (χ4n) is 1.62. The third-order valence-electron chi connectivity index (χ3n) is 2.84. The number of carbonyl (C=O) groups excluding carboxylic acids is 1. The van der Waals surface area contributed by atoms with Crippen molar-refractivity contribution in [3.63, 3.8) is 0 Å². The van der Waals surface area contributed by atoms with E-state index >= 15 is 0 Å². The normalized spacial score (nSPS) is 24.6.